The number of ether oxygens (including phenoxy) is 1. The molecule has 30 heavy (non-hydrogen) atoms. The Bertz CT molecular complexity index is 767. The molecule has 0 saturated carbocycles. The SMILES string of the molecule is CCNC(=NCc1nccn1CC(C)C)N1CCN(S(=O)(=O)CCOC(C)C)CC1. The van der Waals surface area contributed by atoms with Crippen LogP contribution in [0.1, 0.15) is 40.4 Å². The van der Waals surface area contributed by atoms with Crippen molar-refractivity contribution in [2.24, 2.45) is 10.9 Å². The number of guanidine groups is 1. The van der Waals surface area contributed by atoms with E-state index in [9.17, 15) is 8.42 Å². The molecule has 10 heteroatoms. The van der Waals surface area contributed by atoms with Gasteiger partial charge in [0.15, 0.2) is 5.96 Å². The topological polar surface area (TPSA) is 92.1 Å². The van der Waals surface area contributed by atoms with Crippen molar-refractivity contribution in [3.8, 4) is 0 Å². The van der Waals surface area contributed by atoms with E-state index in [-0.39, 0.29) is 18.5 Å². The van der Waals surface area contributed by atoms with Crippen LogP contribution in [-0.2, 0) is 27.8 Å². The molecule has 1 fully saturated rings. The highest BCUT2D eigenvalue weighted by molar-refractivity contribution is 7.89. The molecule has 9 nitrogen and oxygen atoms in total. The number of rotatable bonds is 10. The lowest BCUT2D eigenvalue weighted by molar-refractivity contribution is 0.0904. The third kappa shape index (κ3) is 7.55. The van der Waals surface area contributed by atoms with E-state index in [1.54, 1.807) is 4.31 Å². The largest absolute Gasteiger partial charge is 0.378 e. The van der Waals surface area contributed by atoms with Crippen LogP contribution < -0.4 is 5.32 Å². The van der Waals surface area contributed by atoms with Crippen LogP contribution in [0.25, 0.3) is 0 Å². The highest BCUT2D eigenvalue weighted by Gasteiger charge is 2.28. The van der Waals surface area contributed by atoms with Crippen LogP contribution in [0.4, 0.5) is 0 Å². The van der Waals surface area contributed by atoms with Gasteiger partial charge in [0.1, 0.15) is 12.4 Å². The van der Waals surface area contributed by atoms with Gasteiger partial charge in [-0.15, -0.1) is 0 Å². The summed E-state index contributed by atoms with van der Waals surface area (Å²) in [5.74, 6) is 2.30. The van der Waals surface area contributed by atoms with E-state index >= 15 is 0 Å². The van der Waals surface area contributed by atoms with Crippen LogP contribution >= 0.6 is 0 Å². The summed E-state index contributed by atoms with van der Waals surface area (Å²) in [4.78, 5) is 11.3. The molecule has 0 unspecified atom stereocenters. The Morgan fingerprint density at radius 2 is 1.93 bits per heavy atom. The quantitative estimate of drug-likeness (QED) is 0.435. The number of piperazine rings is 1. The Labute approximate surface area is 181 Å². The predicted molar refractivity (Wildman–Crippen MR) is 120 cm³/mol. The molecular formula is C20H38N6O3S. The smallest absolute Gasteiger partial charge is 0.216 e. The van der Waals surface area contributed by atoms with E-state index < -0.39 is 10.0 Å². The van der Waals surface area contributed by atoms with E-state index in [0.717, 1.165) is 24.9 Å². The first-order valence-corrected chi connectivity index (χ1v) is 12.5. The van der Waals surface area contributed by atoms with Gasteiger partial charge in [-0.2, -0.15) is 4.31 Å². The van der Waals surface area contributed by atoms with E-state index in [4.69, 9.17) is 9.73 Å². The van der Waals surface area contributed by atoms with Crippen molar-refractivity contribution in [2.75, 3.05) is 45.1 Å². The Morgan fingerprint density at radius 1 is 1.23 bits per heavy atom. The number of sulfonamides is 1. The Hall–Kier alpha value is -1.65. The minimum Gasteiger partial charge on any atom is -0.378 e. The number of aliphatic imine (C=N–C) groups is 1. The fourth-order valence-corrected chi connectivity index (χ4v) is 4.60. The molecular weight excluding hydrogens is 404 g/mol. The molecule has 172 valence electrons. The standard InChI is InChI=1S/C20H38N6O3S/c1-6-21-20(23-15-19-22-7-8-25(19)16-17(2)3)24-9-11-26(12-10-24)30(27,28)14-13-29-18(4)5/h7-8,17-18H,6,9-16H2,1-5H3,(H,21,23). The minimum absolute atomic E-state index is 0.0256. The van der Waals surface area contributed by atoms with E-state index in [1.807, 2.05) is 33.2 Å². The van der Waals surface area contributed by atoms with Crippen molar-refractivity contribution in [1.82, 2.24) is 24.1 Å². The second-order valence-corrected chi connectivity index (χ2v) is 10.3. The third-order valence-electron chi connectivity index (χ3n) is 4.79. The maximum Gasteiger partial charge on any atom is 0.216 e. The van der Waals surface area contributed by atoms with Crippen molar-refractivity contribution in [2.45, 2.75) is 53.8 Å². The molecule has 1 saturated heterocycles. The zero-order valence-corrected chi connectivity index (χ0v) is 19.9. The summed E-state index contributed by atoms with van der Waals surface area (Å²) < 4.78 is 34.2. The van der Waals surface area contributed by atoms with Crippen molar-refractivity contribution < 1.29 is 13.2 Å². The first kappa shape index (κ1) is 24.6. The van der Waals surface area contributed by atoms with Crippen molar-refractivity contribution in [1.29, 1.82) is 0 Å². The molecule has 0 aliphatic carbocycles. The first-order chi connectivity index (χ1) is 14.2. The average molecular weight is 443 g/mol. The average Bonchev–Trinajstić information content (AvgIpc) is 3.11. The van der Waals surface area contributed by atoms with Gasteiger partial charge in [-0.25, -0.2) is 18.4 Å². The minimum atomic E-state index is -3.30. The van der Waals surface area contributed by atoms with Gasteiger partial charge in [-0.3, -0.25) is 0 Å². The summed E-state index contributed by atoms with van der Waals surface area (Å²) in [6, 6.07) is 0. The molecule has 1 aliphatic rings. The van der Waals surface area contributed by atoms with Crippen LogP contribution in [0.5, 0.6) is 0 Å². The summed E-state index contributed by atoms with van der Waals surface area (Å²) >= 11 is 0. The van der Waals surface area contributed by atoms with Crippen molar-refractivity contribution in [3.05, 3.63) is 18.2 Å². The molecule has 0 atom stereocenters. The number of nitrogens with one attached hydrogen (secondary N) is 1. The highest BCUT2D eigenvalue weighted by atomic mass is 32.2. The van der Waals surface area contributed by atoms with Crippen molar-refractivity contribution in [3.63, 3.8) is 0 Å². The van der Waals surface area contributed by atoms with Gasteiger partial charge in [0.2, 0.25) is 10.0 Å². The Kier molecular flexibility index (Phi) is 9.57. The summed E-state index contributed by atoms with van der Waals surface area (Å²) in [6.45, 7) is 14.7. The fraction of sp³-hybridized carbons (Fsp3) is 0.800. The second kappa shape index (κ2) is 11.7. The lowest BCUT2D eigenvalue weighted by Crippen LogP contribution is -2.54. The Morgan fingerprint density at radius 3 is 2.53 bits per heavy atom. The fourth-order valence-electron chi connectivity index (χ4n) is 3.32. The van der Waals surface area contributed by atoms with Gasteiger partial charge in [-0.05, 0) is 26.7 Å². The normalized spacial score (nSPS) is 16.6. The molecule has 0 spiro atoms. The van der Waals surface area contributed by atoms with E-state index in [1.165, 1.54) is 0 Å². The van der Waals surface area contributed by atoms with Gasteiger partial charge in [0.05, 0.1) is 18.5 Å². The maximum absolute atomic E-state index is 12.5. The predicted octanol–water partition coefficient (Wildman–Crippen LogP) is 1.38. The summed E-state index contributed by atoms with van der Waals surface area (Å²) in [7, 11) is -3.30. The molecule has 1 aromatic heterocycles. The zero-order valence-electron chi connectivity index (χ0n) is 19.0. The second-order valence-electron chi connectivity index (χ2n) is 8.18. The number of hydrogen-bond donors (Lipinski definition) is 1. The summed E-state index contributed by atoms with van der Waals surface area (Å²) in [6.07, 6.45) is 3.84. The van der Waals surface area contributed by atoms with E-state index in [2.05, 4.69) is 33.6 Å². The van der Waals surface area contributed by atoms with Crippen LogP contribution in [0, 0.1) is 5.92 Å². The van der Waals surface area contributed by atoms with E-state index in [0.29, 0.717) is 38.6 Å². The zero-order chi connectivity index (χ0) is 22.1. The van der Waals surface area contributed by atoms with Crippen LogP contribution in [0.15, 0.2) is 17.4 Å². The molecule has 1 N–H and O–H groups in total. The van der Waals surface area contributed by atoms with Crippen LogP contribution in [0.3, 0.4) is 0 Å². The number of hydrogen-bond acceptors (Lipinski definition) is 5. The van der Waals surface area contributed by atoms with Crippen LogP contribution in [-0.4, -0.2) is 84.3 Å². The monoisotopic (exact) mass is 442 g/mol. The lowest BCUT2D eigenvalue weighted by atomic mass is 10.2. The molecule has 0 radical (unpaired) electrons. The molecule has 2 rings (SSSR count). The molecule has 0 bridgehead atoms. The van der Waals surface area contributed by atoms with Gasteiger partial charge in [-0.1, -0.05) is 13.8 Å². The summed E-state index contributed by atoms with van der Waals surface area (Å²) in [5, 5.41) is 3.33. The van der Waals surface area contributed by atoms with Crippen molar-refractivity contribution >= 4 is 16.0 Å². The molecule has 1 aromatic rings. The Balaban J connectivity index is 1.95. The van der Waals surface area contributed by atoms with Gasteiger partial charge in [0, 0.05) is 51.7 Å². The van der Waals surface area contributed by atoms with Gasteiger partial charge < -0.3 is 19.5 Å². The molecule has 0 aromatic carbocycles. The molecule has 1 aliphatic heterocycles. The van der Waals surface area contributed by atoms with Gasteiger partial charge in [0.25, 0.3) is 0 Å². The first-order valence-electron chi connectivity index (χ1n) is 10.9. The summed E-state index contributed by atoms with van der Waals surface area (Å²) in [5.41, 5.74) is 0. The number of nitrogens with zero attached hydrogens (tertiary/aromatic N) is 5. The number of aromatic nitrogens is 2. The highest BCUT2D eigenvalue weighted by Crippen LogP contribution is 2.10. The van der Waals surface area contributed by atoms with Gasteiger partial charge >= 0.3 is 0 Å². The van der Waals surface area contributed by atoms with Crippen LogP contribution in [0.2, 0.25) is 0 Å². The number of imidazole rings is 1. The third-order valence-corrected chi connectivity index (χ3v) is 6.63. The molecule has 0 amide bonds. The molecule has 2 heterocycles. The maximum atomic E-state index is 12.5. The lowest BCUT2D eigenvalue weighted by Gasteiger charge is -2.35.